The largest absolute Gasteiger partial charge is 0.370 e. The summed E-state index contributed by atoms with van der Waals surface area (Å²) >= 11 is 0. The van der Waals surface area contributed by atoms with Crippen molar-refractivity contribution in [1.29, 1.82) is 0 Å². The monoisotopic (exact) mass is 254 g/mol. The number of hydrogen-bond donors (Lipinski definition) is 2. The van der Waals surface area contributed by atoms with Crippen molar-refractivity contribution in [3.8, 4) is 0 Å². The third-order valence-corrected chi connectivity index (χ3v) is 3.48. The molecular weight excluding hydrogens is 228 g/mol. The number of aliphatic imine (C=N–C) groups is 1. The quantitative estimate of drug-likeness (QED) is 0.583. The second-order valence-electron chi connectivity index (χ2n) is 5.02. The highest BCUT2D eigenvalue weighted by atomic mass is 16.2. The smallest absolute Gasteiger partial charge is 0.244 e. The zero-order valence-electron chi connectivity index (χ0n) is 11.8. The lowest BCUT2D eigenvalue weighted by atomic mass is 9.96. The Kier molecular flexibility index (Phi) is 5.95. The Hall–Kier alpha value is -1.26. The van der Waals surface area contributed by atoms with Crippen LogP contribution in [0.25, 0.3) is 0 Å². The summed E-state index contributed by atoms with van der Waals surface area (Å²) in [5, 5.41) is 2.98. The maximum absolute atomic E-state index is 11.9. The fourth-order valence-electron chi connectivity index (χ4n) is 2.21. The SMILES string of the molecule is CCN(C)C(=O)C(C)NC(N)=NC1CCCCC1. The van der Waals surface area contributed by atoms with Gasteiger partial charge < -0.3 is 16.0 Å². The Morgan fingerprint density at radius 2 is 2.06 bits per heavy atom. The van der Waals surface area contributed by atoms with E-state index in [1.54, 1.807) is 11.9 Å². The van der Waals surface area contributed by atoms with E-state index in [0.29, 0.717) is 18.5 Å². The number of nitrogens with zero attached hydrogens (tertiary/aromatic N) is 2. The minimum atomic E-state index is -0.317. The van der Waals surface area contributed by atoms with Crippen LogP contribution in [0.4, 0.5) is 0 Å². The lowest BCUT2D eigenvalue weighted by Gasteiger charge is -2.22. The lowest BCUT2D eigenvalue weighted by molar-refractivity contribution is -0.131. The molecule has 1 atom stereocenters. The summed E-state index contributed by atoms with van der Waals surface area (Å²) < 4.78 is 0. The summed E-state index contributed by atoms with van der Waals surface area (Å²) in [6.45, 7) is 4.46. The maximum atomic E-state index is 11.9. The number of amides is 1. The van der Waals surface area contributed by atoms with Gasteiger partial charge in [0.1, 0.15) is 6.04 Å². The molecule has 1 aliphatic rings. The summed E-state index contributed by atoms with van der Waals surface area (Å²) in [5.41, 5.74) is 5.85. The van der Waals surface area contributed by atoms with E-state index in [1.807, 2.05) is 13.8 Å². The van der Waals surface area contributed by atoms with Crippen molar-refractivity contribution in [3.05, 3.63) is 0 Å². The molecule has 5 heteroatoms. The molecule has 0 aliphatic heterocycles. The standard InChI is InChI=1S/C13H26N4O/c1-4-17(3)12(18)10(2)15-13(14)16-11-8-6-5-7-9-11/h10-11H,4-9H2,1-3H3,(H3,14,15,16). The molecule has 1 amide bonds. The van der Waals surface area contributed by atoms with Gasteiger partial charge >= 0.3 is 0 Å². The molecule has 0 spiro atoms. The Balaban J connectivity index is 2.44. The first-order valence-electron chi connectivity index (χ1n) is 6.89. The molecule has 0 aromatic rings. The van der Waals surface area contributed by atoms with Crippen LogP contribution in [0.1, 0.15) is 46.0 Å². The lowest BCUT2D eigenvalue weighted by Crippen LogP contribution is -2.48. The minimum absolute atomic E-state index is 0.0410. The van der Waals surface area contributed by atoms with Gasteiger partial charge in [-0.25, -0.2) is 0 Å². The predicted molar refractivity (Wildman–Crippen MR) is 74.4 cm³/mol. The van der Waals surface area contributed by atoms with E-state index >= 15 is 0 Å². The van der Waals surface area contributed by atoms with Crippen LogP contribution in [0.15, 0.2) is 4.99 Å². The molecule has 0 saturated heterocycles. The van der Waals surface area contributed by atoms with Crippen molar-refractivity contribution in [2.75, 3.05) is 13.6 Å². The molecule has 0 aromatic carbocycles. The molecule has 1 fully saturated rings. The van der Waals surface area contributed by atoms with E-state index in [9.17, 15) is 4.79 Å². The van der Waals surface area contributed by atoms with E-state index in [1.165, 1.54) is 19.3 Å². The number of nitrogens with two attached hydrogens (primary N) is 1. The highest BCUT2D eigenvalue weighted by molar-refractivity contribution is 5.87. The number of guanidine groups is 1. The molecule has 0 heterocycles. The molecule has 1 unspecified atom stereocenters. The van der Waals surface area contributed by atoms with Crippen molar-refractivity contribution in [2.24, 2.45) is 10.7 Å². The fourth-order valence-corrected chi connectivity index (χ4v) is 2.21. The summed E-state index contributed by atoms with van der Waals surface area (Å²) in [6.07, 6.45) is 5.98. The number of nitrogens with one attached hydrogen (secondary N) is 1. The molecule has 1 aliphatic carbocycles. The fraction of sp³-hybridized carbons (Fsp3) is 0.846. The van der Waals surface area contributed by atoms with E-state index in [-0.39, 0.29) is 11.9 Å². The van der Waals surface area contributed by atoms with E-state index < -0.39 is 0 Å². The van der Waals surface area contributed by atoms with Gasteiger partial charge in [0.25, 0.3) is 0 Å². The molecule has 0 bridgehead atoms. The van der Waals surface area contributed by atoms with Gasteiger partial charge in [-0.15, -0.1) is 0 Å². The van der Waals surface area contributed by atoms with Gasteiger partial charge in [-0.3, -0.25) is 9.79 Å². The molecule has 1 saturated carbocycles. The summed E-state index contributed by atoms with van der Waals surface area (Å²) in [7, 11) is 1.79. The van der Waals surface area contributed by atoms with Gasteiger partial charge in [-0.2, -0.15) is 0 Å². The van der Waals surface area contributed by atoms with Crippen LogP contribution in [0.3, 0.4) is 0 Å². The van der Waals surface area contributed by atoms with E-state index in [4.69, 9.17) is 5.73 Å². The van der Waals surface area contributed by atoms with Crippen molar-refractivity contribution < 1.29 is 4.79 Å². The van der Waals surface area contributed by atoms with Gasteiger partial charge in [0.05, 0.1) is 6.04 Å². The Morgan fingerprint density at radius 1 is 1.44 bits per heavy atom. The molecule has 18 heavy (non-hydrogen) atoms. The molecule has 3 N–H and O–H groups in total. The molecular formula is C13H26N4O. The van der Waals surface area contributed by atoms with Crippen LogP contribution in [0, 0.1) is 0 Å². The predicted octanol–water partition coefficient (Wildman–Crippen LogP) is 1.09. The second kappa shape index (κ2) is 7.24. The van der Waals surface area contributed by atoms with Crippen LogP contribution in [-0.2, 0) is 4.79 Å². The van der Waals surface area contributed by atoms with E-state index in [2.05, 4.69) is 10.3 Å². The number of likely N-dealkylation sites (N-methyl/N-ethyl adjacent to an activating group) is 1. The number of hydrogen-bond acceptors (Lipinski definition) is 2. The molecule has 1 rings (SSSR count). The van der Waals surface area contributed by atoms with Gasteiger partial charge in [0.2, 0.25) is 5.91 Å². The highest BCUT2D eigenvalue weighted by Crippen LogP contribution is 2.19. The Bertz CT molecular complexity index is 297. The summed E-state index contributed by atoms with van der Waals surface area (Å²) in [4.78, 5) is 18.0. The molecule has 104 valence electrons. The molecule has 0 radical (unpaired) electrons. The van der Waals surface area contributed by atoms with Crippen LogP contribution in [0.5, 0.6) is 0 Å². The van der Waals surface area contributed by atoms with Gasteiger partial charge in [-0.05, 0) is 26.7 Å². The van der Waals surface area contributed by atoms with Gasteiger partial charge in [0, 0.05) is 13.6 Å². The third-order valence-electron chi connectivity index (χ3n) is 3.48. The zero-order valence-corrected chi connectivity index (χ0v) is 11.8. The molecule has 0 aromatic heterocycles. The van der Waals surface area contributed by atoms with Crippen molar-refractivity contribution in [3.63, 3.8) is 0 Å². The minimum Gasteiger partial charge on any atom is -0.370 e. The average molecular weight is 254 g/mol. The van der Waals surface area contributed by atoms with Gasteiger partial charge in [0.15, 0.2) is 5.96 Å². The third kappa shape index (κ3) is 4.55. The Morgan fingerprint density at radius 3 is 2.61 bits per heavy atom. The second-order valence-corrected chi connectivity index (χ2v) is 5.02. The zero-order chi connectivity index (χ0) is 13.5. The summed E-state index contributed by atoms with van der Waals surface area (Å²) in [6, 6.07) is 0.0137. The van der Waals surface area contributed by atoms with E-state index in [0.717, 1.165) is 12.8 Å². The number of rotatable bonds is 4. The van der Waals surface area contributed by atoms with Crippen molar-refractivity contribution in [1.82, 2.24) is 10.2 Å². The van der Waals surface area contributed by atoms with Crippen LogP contribution in [0.2, 0.25) is 0 Å². The number of carbonyl (C=O) groups is 1. The Labute approximate surface area is 110 Å². The van der Waals surface area contributed by atoms with Crippen LogP contribution >= 0.6 is 0 Å². The first-order chi connectivity index (χ1) is 8.54. The topological polar surface area (TPSA) is 70.7 Å². The van der Waals surface area contributed by atoms with Gasteiger partial charge in [-0.1, -0.05) is 19.3 Å². The highest BCUT2D eigenvalue weighted by Gasteiger charge is 2.18. The normalized spacial score (nSPS) is 19.4. The average Bonchev–Trinajstić information content (AvgIpc) is 2.37. The maximum Gasteiger partial charge on any atom is 0.244 e. The number of carbonyl (C=O) groups excluding carboxylic acids is 1. The molecule has 5 nitrogen and oxygen atoms in total. The van der Waals surface area contributed by atoms with Crippen LogP contribution in [-0.4, -0.2) is 42.4 Å². The first-order valence-corrected chi connectivity index (χ1v) is 6.89. The van der Waals surface area contributed by atoms with Crippen LogP contribution < -0.4 is 11.1 Å². The first kappa shape index (κ1) is 14.8. The van der Waals surface area contributed by atoms with Crippen molar-refractivity contribution in [2.45, 2.75) is 58.0 Å². The summed E-state index contributed by atoms with van der Waals surface area (Å²) in [5.74, 6) is 0.437. The van der Waals surface area contributed by atoms with Crippen molar-refractivity contribution >= 4 is 11.9 Å².